The summed E-state index contributed by atoms with van der Waals surface area (Å²) in [6, 6.07) is 2.23. The molecule has 0 bridgehead atoms. The lowest BCUT2D eigenvalue weighted by Crippen LogP contribution is -2.35. The fourth-order valence-electron chi connectivity index (χ4n) is 2.69. The summed E-state index contributed by atoms with van der Waals surface area (Å²) in [4.78, 5) is 3.73. The van der Waals surface area contributed by atoms with Gasteiger partial charge in [0.15, 0.2) is 5.54 Å². The van der Waals surface area contributed by atoms with Gasteiger partial charge < -0.3 is 5.32 Å². The zero-order valence-corrected chi connectivity index (χ0v) is 12.5. The number of rotatable bonds is 4. The third-order valence-corrected chi connectivity index (χ3v) is 4.19. The van der Waals surface area contributed by atoms with Crippen LogP contribution in [0, 0.1) is 12.9 Å². The minimum Gasteiger partial charge on any atom is -0.308 e. The van der Waals surface area contributed by atoms with Crippen molar-refractivity contribution in [1.29, 1.82) is 0 Å². The Balaban J connectivity index is 1.95. The molecule has 1 aliphatic carbocycles. The maximum Gasteiger partial charge on any atom is 0.413 e. The Kier molecular flexibility index (Phi) is 3.62. The molecule has 9 heteroatoms. The Hall–Kier alpha value is -2.03. The molecule has 2 heterocycles. The number of aromatic nitrogens is 4. The molecule has 1 fully saturated rings. The molecule has 0 radical (unpaired) electrons. The second kappa shape index (κ2) is 5.26. The van der Waals surface area contributed by atoms with Gasteiger partial charge in [-0.3, -0.25) is 0 Å². The van der Waals surface area contributed by atoms with Gasteiger partial charge in [-0.25, -0.2) is 9.67 Å². The first-order chi connectivity index (χ1) is 10.8. The average molecular weight is 329 g/mol. The number of nitrogens with zero attached hydrogens (tertiary/aromatic N) is 4. The number of hydrogen-bond acceptors (Lipinski definition) is 4. The van der Waals surface area contributed by atoms with Gasteiger partial charge in [0, 0.05) is 5.69 Å². The van der Waals surface area contributed by atoms with Crippen LogP contribution in [-0.2, 0) is 5.54 Å². The number of halogens is 4. The summed E-state index contributed by atoms with van der Waals surface area (Å²) < 4.78 is 53.5. The summed E-state index contributed by atoms with van der Waals surface area (Å²) in [5.74, 6) is -0.612. The van der Waals surface area contributed by atoms with Crippen LogP contribution in [0.15, 0.2) is 18.3 Å². The van der Waals surface area contributed by atoms with Crippen LogP contribution in [0.25, 0.3) is 0 Å². The van der Waals surface area contributed by atoms with E-state index >= 15 is 0 Å². The summed E-state index contributed by atoms with van der Waals surface area (Å²) in [7, 11) is 1.64. The molecular formula is C14H15F4N5. The molecule has 1 saturated carbocycles. The largest absolute Gasteiger partial charge is 0.413 e. The number of alkyl halides is 3. The van der Waals surface area contributed by atoms with Crippen molar-refractivity contribution in [1.82, 2.24) is 25.3 Å². The van der Waals surface area contributed by atoms with E-state index < -0.39 is 23.7 Å². The number of pyridine rings is 1. The predicted molar refractivity (Wildman–Crippen MR) is 73.1 cm³/mol. The molecule has 1 N–H and O–H groups in total. The molecule has 1 aliphatic rings. The van der Waals surface area contributed by atoms with Gasteiger partial charge in [0.2, 0.25) is 5.95 Å². The summed E-state index contributed by atoms with van der Waals surface area (Å²) in [6.07, 6.45) is -3.06. The summed E-state index contributed by atoms with van der Waals surface area (Å²) >= 11 is 0. The standard InChI is InChI=1S/C14H15F4N5/c1-8-9(3-4-11(15)20-8)12(19-2)10-7-23(22-21-10)13(5-6-13)14(16,17)18/h3-4,7,12,19H,5-6H2,1-2H3/t12-/m0/s1. The molecule has 0 unspecified atom stereocenters. The molecule has 0 aromatic carbocycles. The van der Waals surface area contributed by atoms with E-state index in [0.717, 1.165) is 4.68 Å². The van der Waals surface area contributed by atoms with Crippen LogP contribution in [0.3, 0.4) is 0 Å². The highest BCUT2D eigenvalue weighted by molar-refractivity contribution is 5.29. The molecule has 124 valence electrons. The van der Waals surface area contributed by atoms with Crippen molar-refractivity contribution in [2.24, 2.45) is 0 Å². The van der Waals surface area contributed by atoms with Crippen LogP contribution in [0.2, 0.25) is 0 Å². The highest BCUT2D eigenvalue weighted by atomic mass is 19.4. The smallest absolute Gasteiger partial charge is 0.308 e. The molecule has 2 aromatic rings. The third-order valence-electron chi connectivity index (χ3n) is 4.19. The van der Waals surface area contributed by atoms with E-state index in [4.69, 9.17) is 0 Å². The Labute approximate surface area is 129 Å². The Morgan fingerprint density at radius 3 is 2.52 bits per heavy atom. The number of aryl methyl sites for hydroxylation is 1. The Morgan fingerprint density at radius 2 is 2.00 bits per heavy atom. The second-order valence-corrected chi connectivity index (χ2v) is 5.65. The van der Waals surface area contributed by atoms with Crippen molar-refractivity contribution < 1.29 is 17.6 Å². The second-order valence-electron chi connectivity index (χ2n) is 5.65. The van der Waals surface area contributed by atoms with Crippen molar-refractivity contribution >= 4 is 0 Å². The van der Waals surface area contributed by atoms with Crippen LogP contribution in [-0.4, -0.2) is 33.2 Å². The van der Waals surface area contributed by atoms with Crippen LogP contribution >= 0.6 is 0 Å². The molecule has 2 aromatic heterocycles. The lowest BCUT2D eigenvalue weighted by molar-refractivity contribution is -0.182. The van der Waals surface area contributed by atoms with E-state index in [1.54, 1.807) is 14.0 Å². The lowest BCUT2D eigenvalue weighted by atomic mass is 10.0. The average Bonchev–Trinajstić information content (AvgIpc) is 3.15. The maximum atomic E-state index is 13.1. The van der Waals surface area contributed by atoms with Gasteiger partial charge in [-0.15, -0.1) is 5.10 Å². The third kappa shape index (κ3) is 2.58. The summed E-state index contributed by atoms with van der Waals surface area (Å²) in [5, 5.41) is 10.5. The molecule has 0 amide bonds. The van der Waals surface area contributed by atoms with Gasteiger partial charge in [-0.2, -0.15) is 17.6 Å². The molecule has 0 saturated heterocycles. The first-order valence-corrected chi connectivity index (χ1v) is 7.08. The van der Waals surface area contributed by atoms with Gasteiger partial charge in [0.05, 0.1) is 12.2 Å². The van der Waals surface area contributed by atoms with Gasteiger partial charge in [0.1, 0.15) is 5.69 Å². The van der Waals surface area contributed by atoms with E-state index in [1.807, 2.05) is 0 Å². The van der Waals surface area contributed by atoms with Crippen LogP contribution in [0.1, 0.15) is 35.8 Å². The normalized spacial score (nSPS) is 18.0. The molecule has 1 atom stereocenters. The van der Waals surface area contributed by atoms with Crippen molar-refractivity contribution in [2.45, 2.75) is 37.5 Å². The number of nitrogens with one attached hydrogen (secondary N) is 1. The summed E-state index contributed by atoms with van der Waals surface area (Å²) in [6.45, 7) is 1.63. The van der Waals surface area contributed by atoms with E-state index in [-0.39, 0.29) is 12.8 Å². The molecule has 3 rings (SSSR count). The van der Waals surface area contributed by atoms with Gasteiger partial charge in [0.25, 0.3) is 0 Å². The first kappa shape index (κ1) is 15.9. The van der Waals surface area contributed by atoms with E-state index in [2.05, 4.69) is 20.6 Å². The van der Waals surface area contributed by atoms with Crippen molar-refractivity contribution in [3.63, 3.8) is 0 Å². The van der Waals surface area contributed by atoms with E-state index in [9.17, 15) is 17.6 Å². The fraction of sp³-hybridized carbons (Fsp3) is 0.500. The SMILES string of the molecule is CN[C@H](c1cn(C2(C(F)(F)F)CC2)nn1)c1ccc(F)nc1C. The van der Waals surface area contributed by atoms with Crippen LogP contribution in [0.5, 0.6) is 0 Å². The van der Waals surface area contributed by atoms with Crippen LogP contribution < -0.4 is 5.32 Å². The van der Waals surface area contributed by atoms with Crippen molar-refractivity contribution in [2.75, 3.05) is 7.05 Å². The zero-order valence-electron chi connectivity index (χ0n) is 12.5. The molecule has 5 nitrogen and oxygen atoms in total. The highest BCUT2D eigenvalue weighted by Gasteiger charge is 2.66. The van der Waals surface area contributed by atoms with Gasteiger partial charge >= 0.3 is 6.18 Å². The Bertz CT molecular complexity index is 720. The zero-order chi connectivity index (χ0) is 16.8. The highest BCUT2D eigenvalue weighted by Crippen LogP contribution is 2.55. The molecule has 0 spiro atoms. The van der Waals surface area contributed by atoms with Gasteiger partial charge in [-0.05, 0) is 38.4 Å². The van der Waals surface area contributed by atoms with Gasteiger partial charge in [-0.1, -0.05) is 11.3 Å². The number of hydrogen-bond donors (Lipinski definition) is 1. The summed E-state index contributed by atoms with van der Waals surface area (Å²) in [5.41, 5.74) is -0.527. The minimum absolute atomic E-state index is 0.000647. The van der Waals surface area contributed by atoms with Crippen molar-refractivity contribution in [3.8, 4) is 0 Å². The molecule has 0 aliphatic heterocycles. The fourth-order valence-corrected chi connectivity index (χ4v) is 2.69. The topological polar surface area (TPSA) is 55.6 Å². The molecule has 23 heavy (non-hydrogen) atoms. The minimum atomic E-state index is -4.36. The predicted octanol–water partition coefficient (Wildman–Crippen LogP) is 2.48. The lowest BCUT2D eigenvalue weighted by Gasteiger charge is -2.19. The first-order valence-electron chi connectivity index (χ1n) is 7.08. The Morgan fingerprint density at radius 1 is 1.30 bits per heavy atom. The van der Waals surface area contributed by atoms with E-state index in [1.165, 1.54) is 18.3 Å². The van der Waals surface area contributed by atoms with Crippen LogP contribution in [0.4, 0.5) is 17.6 Å². The van der Waals surface area contributed by atoms with Crippen molar-refractivity contribution in [3.05, 3.63) is 41.2 Å². The quantitative estimate of drug-likeness (QED) is 0.692. The molecular weight excluding hydrogens is 314 g/mol. The maximum absolute atomic E-state index is 13.1. The monoisotopic (exact) mass is 329 g/mol. The van der Waals surface area contributed by atoms with E-state index in [0.29, 0.717) is 17.0 Å².